The maximum atomic E-state index is 12.5. The fourth-order valence-corrected chi connectivity index (χ4v) is 1.45. The minimum atomic E-state index is -2.62. The molecule has 0 aliphatic heterocycles. The van der Waals surface area contributed by atoms with Gasteiger partial charge in [0.05, 0.1) is 11.3 Å². The number of halogens is 2. The first-order valence-corrected chi connectivity index (χ1v) is 4.22. The first kappa shape index (κ1) is 9.64. The summed E-state index contributed by atoms with van der Waals surface area (Å²) in [5.74, 6) is -1.13. The van der Waals surface area contributed by atoms with Crippen molar-refractivity contribution in [2.24, 2.45) is 0 Å². The molecule has 0 saturated carbocycles. The molecule has 2 rings (SSSR count). The van der Waals surface area contributed by atoms with Crippen molar-refractivity contribution in [3.63, 3.8) is 0 Å². The number of hydrogen-bond donors (Lipinski definition) is 1. The van der Waals surface area contributed by atoms with Crippen molar-refractivity contribution >= 4 is 11.5 Å². The van der Waals surface area contributed by atoms with Gasteiger partial charge in [-0.2, -0.15) is 0 Å². The summed E-state index contributed by atoms with van der Waals surface area (Å²) in [4.78, 5) is 10.7. The van der Waals surface area contributed by atoms with Crippen LogP contribution in [-0.2, 0) is 0 Å². The van der Waals surface area contributed by atoms with E-state index in [1.165, 1.54) is 28.8 Å². The third kappa shape index (κ3) is 1.56. The maximum Gasteiger partial charge on any atom is 0.337 e. The number of carboxylic acid groups (broad SMARTS) is 1. The lowest BCUT2D eigenvalue weighted by Crippen LogP contribution is -1.96. The van der Waals surface area contributed by atoms with Crippen LogP contribution < -0.4 is 0 Å². The van der Waals surface area contributed by atoms with E-state index in [0.29, 0.717) is 5.52 Å². The van der Waals surface area contributed by atoms with Gasteiger partial charge in [-0.25, -0.2) is 13.6 Å². The summed E-state index contributed by atoms with van der Waals surface area (Å²) in [6, 6.07) is 5.68. The second kappa shape index (κ2) is 3.34. The van der Waals surface area contributed by atoms with Crippen molar-refractivity contribution in [3.05, 3.63) is 41.7 Å². The zero-order chi connectivity index (χ0) is 11.0. The minimum Gasteiger partial charge on any atom is -0.478 e. The molecule has 2 heterocycles. The Labute approximate surface area is 83.6 Å². The molecule has 1 N–H and O–H groups in total. The fraction of sp³-hybridized carbons (Fsp3) is 0.100. The zero-order valence-corrected chi connectivity index (χ0v) is 7.52. The topological polar surface area (TPSA) is 41.7 Å². The van der Waals surface area contributed by atoms with Gasteiger partial charge in [0, 0.05) is 11.7 Å². The first-order chi connectivity index (χ1) is 7.09. The summed E-state index contributed by atoms with van der Waals surface area (Å²) in [6.07, 6.45) is -1.43. The van der Waals surface area contributed by atoms with Crippen molar-refractivity contribution < 1.29 is 18.7 Å². The van der Waals surface area contributed by atoms with E-state index in [0.717, 1.165) is 0 Å². The van der Waals surface area contributed by atoms with Gasteiger partial charge in [0.2, 0.25) is 0 Å². The predicted octanol–water partition coefficient (Wildman–Crippen LogP) is 2.58. The van der Waals surface area contributed by atoms with Crippen LogP contribution in [0.3, 0.4) is 0 Å². The average Bonchev–Trinajstić information content (AvgIpc) is 2.60. The molecule has 0 fully saturated rings. The van der Waals surface area contributed by atoms with Gasteiger partial charge >= 0.3 is 5.97 Å². The van der Waals surface area contributed by atoms with Crippen LogP contribution in [0, 0.1) is 0 Å². The predicted molar refractivity (Wildman–Crippen MR) is 49.3 cm³/mol. The molecule has 78 valence electrons. The molecule has 0 amide bonds. The highest BCUT2D eigenvalue weighted by atomic mass is 19.3. The number of hydrogen-bond acceptors (Lipinski definition) is 1. The summed E-state index contributed by atoms with van der Waals surface area (Å²) >= 11 is 0. The summed E-state index contributed by atoms with van der Waals surface area (Å²) < 4.78 is 26.3. The van der Waals surface area contributed by atoms with E-state index in [2.05, 4.69) is 0 Å². The summed E-state index contributed by atoms with van der Waals surface area (Å²) in [6.45, 7) is 0. The van der Waals surface area contributed by atoms with Crippen molar-refractivity contribution in [1.29, 1.82) is 0 Å². The van der Waals surface area contributed by atoms with Crippen molar-refractivity contribution in [2.45, 2.75) is 6.43 Å². The standard InChI is InChI=1S/C10H7F2NO2/c11-9(12)8-3-1-2-7-4-6(10(14)15)5-13(7)8/h1-5,9H,(H,14,15). The van der Waals surface area contributed by atoms with E-state index in [-0.39, 0.29) is 11.3 Å². The van der Waals surface area contributed by atoms with Gasteiger partial charge < -0.3 is 9.51 Å². The van der Waals surface area contributed by atoms with E-state index in [4.69, 9.17) is 5.11 Å². The van der Waals surface area contributed by atoms with Crippen LogP contribution in [0.25, 0.3) is 5.52 Å². The van der Waals surface area contributed by atoms with Crippen molar-refractivity contribution in [3.8, 4) is 0 Å². The number of aromatic carboxylic acids is 1. The Morgan fingerprint density at radius 1 is 1.40 bits per heavy atom. The molecular weight excluding hydrogens is 204 g/mol. The second-order valence-corrected chi connectivity index (χ2v) is 3.08. The molecule has 0 atom stereocenters. The van der Waals surface area contributed by atoms with E-state index >= 15 is 0 Å². The Balaban J connectivity index is 2.69. The van der Waals surface area contributed by atoms with Gasteiger partial charge in [0.25, 0.3) is 6.43 Å². The normalized spacial score (nSPS) is 11.1. The number of aromatic nitrogens is 1. The molecule has 0 aromatic carbocycles. The highest BCUT2D eigenvalue weighted by molar-refractivity contribution is 5.89. The average molecular weight is 211 g/mol. The van der Waals surface area contributed by atoms with Gasteiger partial charge in [-0.1, -0.05) is 6.07 Å². The van der Waals surface area contributed by atoms with E-state index in [1.54, 1.807) is 6.07 Å². The Kier molecular flexibility index (Phi) is 2.15. The van der Waals surface area contributed by atoms with Crippen LogP contribution in [0.4, 0.5) is 8.78 Å². The molecule has 15 heavy (non-hydrogen) atoms. The van der Waals surface area contributed by atoms with Crippen LogP contribution in [-0.4, -0.2) is 15.5 Å². The molecule has 0 unspecified atom stereocenters. The molecule has 2 aromatic rings. The lowest BCUT2D eigenvalue weighted by Gasteiger charge is -2.03. The number of rotatable bonds is 2. The third-order valence-corrected chi connectivity index (χ3v) is 2.13. The Morgan fingerprint density at radius 2 is 2.13 bits per heavy atom. The van der Waals surface area contributed by atoms with E-state index in [9.17, 15) is 13.6 Å². The van der Waals surface area contributed by atoms with E-state index < -0.39 is 12.4 Å². The summed E-state index contributed by atoms with van der Waals surface area (Å²) in [5, 5.41) is 8.71. The fourth-order valence-electron chi connectivity index (χ4n) is 1.45. The molecule has 0 aliphatic carbocycles. The molecule has 0 bridgehead atoms. The Morgan fingerprint density at radius 3 is 2.73 bits per heavy atom. The van der Waals surface area contributed by atoms with Gasteiger partial charge in [-0.05, 0) is 18.2 Å². The molecule has 0 saturated heterocycles. The van der Waals surface area contributed by atoms with Crippen LogP contribution in [0.1, 0.15) is 22.5 Å². The van der Waals surface area contributed by atoms with Gasteiger partial charge in [0.1, 0.15) is 0 Å². The molecule has 5 heteroatoms. The lowest BCUT2D eigenvalue weighted by molar-refractivity contribution is 0.0696. The molecule has 0 aliphatic rings. The SMILES string of the molecule is O=C(O)c1cc2cccc(C(F)F)n2c1. The number of carbonyl (C=O) groups is 1. The summed E-state index contributed by atoms with van der Waals surface area (Å²) in [5.41, 5.74) is 0.244. The monoisotopic (exact) mass is 211 g/mol. The molecule has 0 spiro atoms. The smallest absolute Gasteiger partial charge is 0.337 e. The summed E-state index contributed by atoms with van der Waals surface area (Å²) in [7, 11) is 0. The lowest BCUT2D eigenvalue weighted by atomic mass is 10.3. The molecular formula is C10H7F2NO2. The van der Waals surface area contributed by atoms with Gasteiger partial charge in [-0.15, -0.1) is 0 Å². The Hall–Kier alpha value is -1.91. The Bertz CT molecular complexity index is 519. The minimum absolute atomic E-state index is 0.00287. The van der Waals surface area contributed by atoms with Crippen LogP contribution in [0.5, 0.6) is 0 Å². The quantitative estimate of drug-likeness (QED) is 0.829. The molecule has 3 nitrogen and oxygen atoms in total. The van der Waals surface area contributed by atoms with Crippen molar-refractivity contribution in [1.82, 2.24) is 4.40 Å². The number of alkyl halides is 2. The van der Waals surface area contributed by atoms with Crippen molar-refractivity contribution in [2.75, 3.05) is 0 Å². The maximum absolute atomic E-state index is 12.5. The first-order valence-electron chi connectivity index (χ1n) is 4.22. The number of nitrogens with zero attached hydrogens (tertiary/aromatic N) is 1. The van der Waals surface area contributed by atoms with Gasteiger partial charge in [-0.3, -0.25) is 0 Å². The molecule has 2 aromatic heterocycles. The third-order valence-electron chi connectivity index (χ3n) is 2.13. The van der Waals surface area contributed by atoms with Crippen LogP contribution in [0.2, 0.25) is 0 Å². The van der Waals surface area contributed by atoms with Crippen LogP contribution in [0.15, 0.2) is 30.5 Å². The second-order valence-electron chi connectivity index (χ2n) is 3.08. The number of carboxylic acids is 1. The highest BCUT2D eigenvalue weighted by Crippen LogP contribution is 2.21. The van der Waals surface area contributed by atoms with E-state index in [1.807, 2.05) is 0 Å². The van der Waals surface area contributed by atoms with Gasteiger partial charge in [0.15, 0.2) is 0 Å². The number of pyridine rings is 1. The number of fused-ring (bicyclic) bond motifs is 1. The highest BCUT2D eigenvalue weighted by Gasteiger charge is 2.13. The van der Waals surface area contributed by atoms with Crippen LogP contribution >= 0.6 is 0 Å². The zero-order valence-electron chi connectivity index (χ0n) is 7.52. The largest absolute Gasteiger partial charge is 0.478 e. The molecule has 0 radical (unpaired) electrons.